The summed E-state index contributed by atoms with van der Waals surface area (Å²) in [5.41, 5.74) is 5.80. The molecular weight excluding hydrogens is 258 g/mol. The molecule has 0 radical (unpaired) electrons. The minimum absolute atomic E-state index is 0.0453. The summed E-state index contributed by atoms with van der Waals surface area (Å²) in [7, 11) is 0. The third-order valence-electron chi connectivity index (χ3n) is 4.37. The standard InChI is InChI=1S/C14H25N3O3/c15-12(4-5-13(18)19)14(20)17-9-6-11(10-17)16-7-2-1-3-8-16/h11-12H,1-10,15H2,(H,18,19). The fourth-order valence-corrected chi connectivity index (χ4v) is 3.16. The van der Waals surface area contributed by atoms with Gasteiger partial charge in [-0.05, 0) is 38.8 Å². The monoisotopic (exact) mass is 283 g/mol. The number of hydrogen-bond acceptors (Lipinski definition) is 4. The summed E-state index contributed by atoms with van der Waals surface area (Å²) in [5.74, 6) is -0.994. The summed E-state index contributed by atoms with van der Waals surface area (Å²) < 4.78 is 0. The van der Waals surface area contributed by atoms with Gasteiger partial charge >= 0.3 is 5.97 Å². The third-order valence-corrected chi connectivity index (χ3v) is 4.37. The van der Waals surface area contributed by atoms with E-state index in [1.165, 1.54) is 19.3 Å². The molecule has 2 aliphatic heterocycles. The van der Waals surface area contributed by atoms with Gasteiger partial charge in [0.2, 0.25) is 5.91 Å². The number of piperidine rings is 1. The maximum Gasteiger partial charge on any atom is 0.303 e. The smallest absolute Gasteiger partial charge is 0.303 e. The van der Waals surface area contributed by atoms with E-state index in [-0.39, 0.29) is 18.7 Å². The minimum atomic E-state index is -0.902. The molecule has 0 aromatic rings. The summed E-state index contributed by atoms with van der Waals surface area (Å²) >= 11 is 0. The molecule has 2 rings (SSSR count). The molecule has 2 aliphatic rings. The van der Waals surface area contributed by atoms with Crippen molar-refractivity contribution in [2.45, 2.75) is 50.6 Å². The predicted molar refractivity (Wildman–Crippen MR) is 75.3 cm³/mol. The highest BCUT2D eigenvalue weighted by atomic mass is 16.4. The highest BCUT2D eigenvalue weighted by molar-refractivity contribution is 5.82. The molecule has 0 saturated carbocycles. The second-order valence-corrected chi connectivity index (χ2v) is 5.86. The van der Waals surface area contributed by atoms with Gasteiger partial charge in [0.25, 0.3) is 0 Å². The molecule has 3 N–H and O–H groups in total. The van der Waals surface area contributed by atoms with Crippen LogP contribution in [0, 0.1) is 0 Å². The van der Waals surface area contributed by atoms with Crippen LogP contribution < -0.4 is 5.73 Å². The summed E-state index contributed by atoms with van der Waals surface area (Å²) in [6, 6.07) is -0.211. The van der Waals surface area contributed by atoms with Crippen molar-refractivity contribution in [3.63, 3.8) is 0 Å². The Labute approximate surface area is 119 Å². The number of amides is 1. The van der Waals surface area contributed by atoms with Gasteiger partial charge in [-0.3, -0.25) is 14.5 Å². The third kappa shape index (κ3) is 3.93. The van der Waals surface area contributed by atoms with E-state index in [0.717, 1.165) is 32.6 Å². The minimum Gasteiger partial charge on any atom is -0.481 e. The largest absolute Gasteiger partial charge is 0.481 e. The lowest BCUT2D eigenvalue weighted by atomic mass is 10.1. The molecule has 2 fully saturated rings. The van der Waals surface area contributed by atoms with Gasteiger partial charge in [0, 0.05) is 25.6 Å². The Kier molecular flexibility index (Phi) is 5.37. The van der Waals surface area contributed by atoms with E-state index in [9.17, 15) is 9.59 Å². The van der Waals surface area contributed by atoms with Gasteiger partial charge in [0.1, 0.15) is 0 Å². The van der Waals surface area contributed by atoms with Gasteiger partial charge in [-0.15, -0.1) is 0 Å². The average molecular weight is 283 g/mol. The number of rotatable bonds is 5. The first-order chi connectivity index (χ1) is 9.58. The van der Waals surface area contributed by atoms with Gasteiger partial charge in [0.15, 0.2) is 0 Å². The number of nitrogens with zero attached hydrogens (tertiary/aromatic N) is 2. The first-order valence-electron chi connectivity index (χ1n) is 7.58. The Morgan fingerprint density at radius 3 is 2.55 bits per heavy atom. The van der Waals surface area contributed by atoms with Crippen molar-refractivity contribution in [3.8, 4) is 0 Å². The van der Waals surface area contributed by atoms with Crippen molar-refractivity contribution in [1.29, 1.82) is 0 Å². The fraction of sp³-hybridized carbons (Fsp3) is 0.857. The van der Waals surface area contributed by atoms with Crippen molar-refractivity contribution in [3.05, 3.63) is 0 Å². The zero-order valence-corrected chi connectivity index (χ0v) is 12.0. The molecule has 0 aromatic heterocycles. The van der Waals surface area contributed by atoms with Crippen molar-refractivity contribution in [2.24, 2.45) is 5.73 Å². The molecule has 20 heavy (non-hydrogen) atoms. The number of hydrogen-bond donors (Lipinski definition) is 2. The van der Waals surface area contributed by atoms with Crippen LogP contribution >= 0.6 is 0 Å². The van der Waals surface area contributed by atoms with E-state index < -0.39 is 12.0 Å². The predicted octanol–water partition coefficient (Wildman–Crippen LogP) is 0.265. The van der Waals surface area contributed by atoms with Crippen molar-refractivity contribution in [2.75, 3.05) is 26.2 Å². The number of aliphatic carboxylic acids is 1. The fourth-order valence-electron chi connectivity index (χ4n) is 3.16. The van der Waals surface area contributed by atoms with Crippen LogP contribution in [-0.4, -0.2) is 65.0 Å². The van der Waals surface area contributed by atoms with Crippen LogP contribution in [0.3, 0.4) is 0 Å². The normalized spacial score (nSPS) is 25.6. The van der Waals surface area contributed by atoms with Crippen molar-refractivity contribution in [1.82, 2.24) is 9.80 Å². The van der Waals surface area contributed by atoms with Gasteiger partial charge in [-0.25, -0.2) is 0 Å². The lowest BCUT2D eigenvalue weighted by Gasteiger charge is -2.32. The van der Waals surface area contributed by atoms with Gasteiger partial charge in [-0.1, -0.05) is 6.42 Å². The SMILES string of the molecule is NC(CCC(=O)O)C(=O)N1CCC(N2CCCCC2)C1. The van der Waals surface area contributed by atoms with Crippen LogP contribution in [0.4, 0.5) is 0 Å². The van der Waals surface area contributed by atoms with Crippen LogP contribution in [-0.2, 0) is 9.59 Å². The van der Waals surface area contributed by atoms with Gasteiger partial charge in [-0.2, -0.15) is 0 Å². The molecule has 0 aromatic carbocycles. The van der Waals surface area contributed by atoms with Gasteiger partial charge in [0.05, 0.1) is 6.04 Å². The molecule has 6 heteroatoms. The Morgan fingerprint density at radius 2 is 1.90 bits per heavy atom. The Hall–Kier alpha value is -1.14. The van der Waals surface area contributed by atoms with Crippen LogP contribution in [0.25, 0.3) is 0 Å². The number of nitrogens with two attached hydrogens (primary N) is 1. The quantitative estimate of drug-likeness (QED) is 0.756. The Bertz CT molecular complexity index is 356. The van der Waals surface area contributed by atoms with E-state index in [1.54, 1.807) is 0 Å². The Morgan fingerprint density at radius 1 is 1.20 bits per heavy atom. The summed E-state index contributed by atoms with van der Waals surface area (Å²) in [6.07, 6.45) is 5.00. The van der Waals surface area contributed by atoms with E-state index in [4.69, 9.17) is 10.8 Å². The number of carbonyl (C=O) groups excluding carboxylic acids is 1. The maximum atomic E-state index is 12.2. The highest BCUT2D eigenvalue weighted by Crippen LogP contribution is 2.20. The number of carboxylic acid groups (broad SMARTS) is 1. The second kappa shape index (κ2) is 7.04. The van der Waals surface area contributed by atoms with E-state index in [0.29, 0.717) is 6.04 Å². The Balaban J connectivity index is 1.79. The zero-order chi connectivity index (χ0) is 14.5. The molecular formula is C14H25N3O3. The summed E-state index contributed by atoms with van der Waals surface area (Å²) in [4.78, 5) is 27.0. The van der Waals surface area contributed by atoms with E-state index in [1.807, 2.05) is 4.90 Å². The molecule has 0 bridgehead atoms. The highest BCUT2D eigenvalue weighted by Gasteiger charge is 2.32. The maximum absolute atomic E-state index is 12.2. The topological polar surface area (TPSA) is 86.9 Å². The molecule has 114 valence electrons. The lowest BCUT2D eigenvalue weighted by Crippen LogP contribution is -2.45. The van der Waals surface area contributed by atoms with Crippen LogP contribution in [0.1, 0.15) is 38.5 Å². The molecule has 2 heterocycles. The zero-order valence-electron chi connectivity index (χ0n) is 12.0. The van der Waals surface area contributed by atoms with Gasteiger partial charge < -0.3 is 15.7 Å². The van der Waals surface area contributed by atoms with Crippen LogP contribution in [0.2, 0.25) is 0 Å². The van der Waals surface area contributed by atoms with E-state index >= 15 is 0 Å². The van der Waals surface area contributed by atoms with Crippen molar-refractivity contribution < 1.29 is 14.7 Å². The second-order valence-electron chi connectivity index (χ2n) is 5.86. The molecule has 2 unspecified atom stereocenters. The molecule has 1 amide bonds. The molecule has 0 spiro atoms. The number of carboxylic acids is 1. The van der Waals surface area contributed by atoms with Crippen LogP contribution in [0.5, 0.6) is 0 Å². The molecule has 2 atom stereocenters. The first-order valence-corrected chi connectivity index (χ1v) is 7.58. The molecule has 0 aliphatic carbocycles. The lowest BCUT2D eigenvalue weighted by molar-refractivity contribution is -0.137. The van der Waals surface area contributed by atoms with E-state index in [2.05, 4.69) is 4.90 Å². The summed E-state index contributed by atoms with van der Waals surface area (Å²) in [6.45, 7) is 3.77. The molecule has 6 nitrogen and oxygen atoms in total. The first kappa shape index (κ1) is 15.3. The molecule has 2 saturated heterocycles. The number of likely N-dealkylation sites (tertiary alicyclic amines) is 2. The van der Waals surface area contributed by atoms with Crippen LogP contribution in [0.15, 0.2) is 0 Å². The summed E-state index contributed by atoms with van der Waals surface area (Å²) in [5, 5.41) is 8.63. The average Bonchev–Trinajstić information content (AvgIpc) is 2.94. The van der Waals surface area contributed by atoms with Crippen molar-refractivity contribution >= 4 is 11.9 Å². The number of carbonyl (C=O) groups is 2.